The van der Waals surface area contributed by atoms with Crippen molar-refractivity contribution in [2.75, 3.05) is 7.11 Å². The molecule has 0 bridgehead atoms. The van der Waals surface area contributed by atoms with Crippen LogP contribution in [0.1, 0.15) is 11.3 Å². The Bertz CT molecular complexity index is 459. The van der Waals surface area contributed by atoms with E-state index >= 15 is 0 Å². The van der Waals surface area contributed by atoms with Crippen molar-refractivity contribution in [1.29, 1.82) is 0 Å². The molecule has 0 aliphatic rings. The monoisotopic (exact) mass is 265 g/mol. The second kappa shape index (κ2) is 5.11. The number of pyridine rings is 1. The third-order valence-electron chi connectivity index (χ3n) is 2.01. The van der Waals surface area contributed by atoms with Crippen molar-refractivity contribution in [3.8, 4) is 11.6 Å². The lowest BCUT2D eigenvalue weighted by Gasteiger charge is -2.14. The van der Waals surface area contributed by atoms with Crippen LogP contribution in [-0.2, 0) is 11.2 Å². The van der Waals surface area contributed by atoms with E-state index in [1.54, 1.807) is 0 Å². The van der Waals surface area contributed by atoms with Crippen molar-refractivity contribution in [2.45, 2.75) is 19.7 Å². The fourth-order valence-corrected chi connectivity index (χ4v) is 1.29. The van der Waals surface area contributed by atoms with E-state index in [0.717, 1.165) is 13.2 Å². The van der Waals surface area contributed by atoms with Crippen molar-refractivity contribution < 1.29 is 32.5 Å². The molecule has 18 heavy (non-hydrogen) atoms. The summed E-state index contributed by atoms with van der Waals surface area (Å²) in [6.45, 7) is 1.47. The van der Waals surface area contributed by atoms with Gasteiger partial charge in [-0.3, -0.25) is 4.79 Å². The molecule has 0 aliphatic carbocycles. The van der Waals surface area contributed by atoms with Gasteiger partial charge in [0.15, 0.2) is 5.75 Å². The van der Waals surface area contributed by atoms with Crippen LogP contribution < -0.4 is 9.47 Å². The van der Waals surface area contributed by atoms with Crippen LogP contribution in [0.4, 0.5) is 13.2 Å². The molecule has 0 atom stereocenters. The van der Waals surface area contributed by atoms with E-state index in [-0.39, 0.29) is 17.1 Å². The van der Waals surface area contributed by atoms with Gasteiger partial charge in [-0.1, -0.05) is 0 Å². The molecule has 0 saturated heterocycles. The van der Waals surface area contributed by atoms with E-state index in [1.165, 1.54) is 6.92 Å². The van der Waals surface area contributed by atoms with E-state index in [1.807, 2.05) is 0 Å². The van der Waals surface area contributed by atoms with Crippen molar-refractivity contribution >= 4 is 5.97 Å². The van der Waals surface area contributed by atoms with Crippen LogP contribution in [0, 0.1) is 6.92 Å². The highest BCUT2D eigenvalue weighted by Gasteiger charge is 2.33. The molecule has 1 N–H and O–H groups in total. The molecule has 0 fully saturated rings. The number of hydrogen-bond acceptors (Lipinski definition) is 4. The van der Waals surface area contributed by atoms with Gasteiger partial charge in [0.25, 0.3) is 5.88 Å². The Kier molecular flexibility index (Phi) is 4.00. The van der Waals surface area contributed by atoms with Crippen LogP contribution in [0.3, 0.4) is 0 Å². The van der Waals surface area contributed by atoms with Crippen molar-refractivity contribution in [3.63, 3.8) is 0 Å². The summed E-state index contributed by atoms with van der Waals surface area (Å²) in [5.74, 6) is -2.19. The van der Waals surface area contributed by atoms with Crippen LogP contribution in [-0.4, -0.2) is 29.5 Å². The predicted molar refractivity (Wildman–Crippen MR) is 53.5 cm³/mol. The summed E-state index contributed by atoms with van der Waals surface area (Å²) in [7, 11) is 1.14. The molecule has 1 rings (SSSR count). The minimum atomic E-state index is -4.90. The topological polar surface area (TPSA) is 68.7 Å². The fraction of sp³-hybridized carbons (Fsp3) is 0.400. The highest BCUT2D eigenvalue weighted by Crippen LogP contribution is 2.32. The second-order valence-corrected chi connectivity index (χ2v) is 3.36. The number of aliphatic carboxylic acids is 1. The molecular weight excluding hydrogens is 255 g/mol. The lowest BCUT2D eigenvalue weighted by atomic mass is 10.1. The SMILES string of the molecule is COc1nc(C)c(CC(=O)O)cc1OC(F)(F)F. The highest BCUT2D eigenvalue weighted by molar-refractivity contribution is 5.70. The Morgan fingerprint density at radius 1 is 1.50 bits per heavy atom. The Balaban J connectivity index is 3.17. The molecule has 0 amide bonds. The molecule has 0 unspecified atom stereocenters. The highest BCUT2D eigenvalue weighted by atomic mass is 19.4. The number of aryl methyl sites for hydroxylation is 1. The van der Waals surface area contributed by atoms with Crippen LogP contribution in [0.25, 0.3) is 0 Å². The van der Waals surface area contributed by atoms with Crippen molar-refractivity contribution in [2.24, 2.45) is 0 Å². The Morgan fingerprint density at radius 2 is 2.11 bits per heavy atom. The number of halogens is 3. The second-order valence-electron chi connectivity index (χ2n) is 3.36. The van der Waals surface area contributed by atoms with Crippen molar-refractivity contribution in [3.05, 3.63) is 17.3 Å². The predicted octanol–water partition coefficient (Wildman–Crippen LogP) is 1.92. The number of alkyl halides is 3. The number of carboxylic acid groups (broad SMARTS) is 1. The van der Waals surface area contributed by atoms with Crippen LogP contribution >= 0.6 is 0 Å². The molecule has 1 heterocycles. The maximum atomic E-state index is 12.1. The van der Waals surface area contributed by atoms with E-state index in [9.17, 15) is 18.0 Å². The molecule has 0 saturated carbocycles. The van der Waals surface area contributed by atoms with E-state index in [2.05, 4.69) is 14.5 Å². The average Bonchev–Trinajstić information content (AvgIpc) is 2.19. The molecule has 0 aliphatic heterocycles. The summed E-state index contributed by atoms with van der Waals surface area (Å²) in [6.07, 6.45) is -5.35. The van der Waals surface area contributed by atoms with Crippen LogP contribution in [0.5, 0.6) is 11.6 Å². The fourth-order valence-electron chi connectivity index (χ4n) is 1.29. The lowest BCUT2D eigenvalue weighted by molar-refractivity contribution is -0.275. The minimum Gasteiger partial charge on any atom is -0.481 e. The summed E-state index contributed by atoms with van der Waals surface area (Å²) in [6, 6.07) is 0.961. The first-order chi connectivity index (χ1) is 8.23. The number of methoxy groups -OCH3 is 1. The summed E-state index contributed by atoms with van der Waals surface area (Å²) < 4.78 is 44.8. The number of hydrogen-bond donors (Lipinski definition) is 1. The number of rotatable bonds is 4. The summed E-state index contributed by atoms with van der Waals surface area (Å²) in [4.78, 5) is 14.3. The summed E-state index contributed by atoms with van der Waals surface area (Å²) in [5, 5.41) is 8.62. The quantitative estimate of drug-likeness (QED) is 0.900. The van der Waals surface area contributed by atoms with Crippen LogP contribution in [0.2, 0.25) is 0 Å². The number of aromatic nitrogens is 1. The van der Waals surface area contributed by atoms with Gasteiger partial charge >= 0.3 is 12.3 Å². The molecule has 1 aromatic rings. The first-order valence-corrected chi connectivity index (χ1v) is 4.75. The third-order valence-corrected chi connectivity index (χ3v) is 2.01. The van der Waals surface area contributed by atoms with Gasteiger partial charge in [-0.05, 0) is 18.6 Å². The summed E-state index contributed by atoms with van der Waals surface area (Å²) in [5.41, 5.74) is 0.395. The van der Waals surface area contributed by atoms with Crippen LogP contribution in [0.15, 0.2) is 6.07 Å². The number of carbonyl (C=O) groups is 1. The zero-order chi connectivity index (χ0) is 13.9. The summed E-state index contributed by atoms with van der Waals surface area (Å²) >= 11 is 0. The van der Waals surface area contributed by atoms with Crippen molar-refractivity contribution in [1.82, 2.24) is 4.98 Å². The molecule has 0 radical (unpaired) electrons. The zero-order valence-corrected chi connectivity index (χ0v) is 9.54. The van der Waals surface area contributed by atoms with E-state index in [4.69, 9.17) is 5.11 Å². The number of carboxylic acids is 1. The Hall–Kier alpha value is -1.99. The smallest absolute Gasteiger partial charge is 0.481 e. The van der Waals surface area contributed by atoms with E-state index < -0.39 is 24.5 Å². The van der Waals surface area contributed by atoms with Gasteiger partial charge in [-0.25, -0.2) is 4.98 Å². The number of nitrogens with zero attached hydrogens (tertiary/aromatic N) is 1. The maximum Gasteiger partial charge on any atom is 0.573 e. The normalized spacial score (nSPS) is 11.2. The van der Waals surface area contributed by atoms with Gasteiger partial charge in [-0.2, -0.15) is 0 Å². The average molecular weight is 265 g/mol. The first kappa shape index (κ1) is 14.1. The molecule has 5 nitrogen and oxygen atoms in total. The van der Waals surface area contributed by atoms with Gasteiger partial charge in [0.2, 0.25) is 0 Å². The maximum absolute atomic E-state index is 12.1. The third kappa shape index (κ3) is 3.79. The molecule has 8 heteroatoms. The molecule has 0 spiro atoms. The molecule has 1 aromatic heterocycles. The molecule has 0 aromatic carbocycles. The van der Waals surface area contributed by atoms with E-state index in [0.29, 0.717) is 0 Å². The van der Waals surface area contributed by atoms with Gasteiger partial charge in [-0.15, -0.1) is 13.2 Å². The largest absolute Gasteiger partial charge is 0.573 e. The van der Waals surface area contributed by atoms with Gasteiger partial charge < -0.3 is 14.6 Å². The Morgan fingerprint density at radius 3 is 2.56 bits per heavy atom. The molecule has 100 valence electrons. The standard InChI is InChI=1S/C10H10F3NO4/c1-5-6(4-8(15)16)3-7(9(14-5)17-2)18-10(11,12)13/h3H,4H2,1-2H3,(H,15,16). The van der Waals surface area contributed by atoms with Gasteiger partial charge in [0, 0.05) is 5.69 Å². The van der Waals surface area contributed by atoms with Gasteiger partial charge in [0.05, 0.1) is 13.5 Å². The zero-order valence-electron chi connectivity index (χ0n) is 9.54. The number of ether oxygens (including phenoxy) is 2. The first-order valence-electron chi connectivity index (χ1n) is 4.75. The molecular formula is C10H10F3NO4. The Labute approximate surface area is 100 Å². The van der Waals surface area contributed by atoms with Gasteiger partial charge in [0.1, 0.15) is 0 Å². The lowest BCUT2D eigenvalue weighted by Crippen LogP contribution is -2.18. The minimum absolute atomic E-state index is 0.127.